The molecule has 0 saturated carbocycles. The third-order valence-electron chi connectivity index (χ3n) is 3.27. The zero-order valence-electron chi connectivity index (χ0n) is 11.8. The molecule has 1 atom stereocenters. The van der Waals surface area contributed by atoms with E-state index < -0.39 is 0 Å². The summed E-state index contributed by atoms with van der Waals surface area (Å²) in [5, 5.41) is 4.48. The van der Waals surface area contributed by atoms with Crippen LogP contribution in [0.15, 0.2) is 18.2 Å². The molecule has 19 heavy (non-hydrogen) atoms. The second-order valence-corrected chi connectivity index (χ2v) is 5.87. The number of hydrogen-bond donors (Lipinski definition) is 2. The Kier molecular flexibility index (Phi) is 4.74. The molecular formula is C14H22N4S. The molecule has 0 aromatic carbocycles. The van der Waals surface area contributed by atoms with Gasteiger partial charge in [-0.05, 0) is 38.5 Å². The monoisotopic (exact) mass is 278 g/mol. The Balaban J connectivity index is 2.18. The van der Waals surface area contributed by atoms with Crippen molar-refractivity contribution in [1.82, 2.24) is 15.2 Å². The number of aromatic nitrogens is 2. The lowest BCUT2D eigenvalue weighted by Gasteiger charge is -2.14. The third kappa shape index (κ3) is 3.23. The summed E-state index contributed by atoms with van der Waals surface area (Å²) < 4.78 is 2.05. The molecule has 104 valence electrons. The van der Waals surface area contributed by atoms with Crippen molar-refractivity contribution in [2.45, 2.75) is 46.2 Å². The minimum Gasteiger partial charge on any atom is -0.271 e. The first kappa shape index (κ1) is 14.2. The molecular weight excluding hydrogens is 256 g/mol. The third-order valence-corrected chi connectivity index (χ3v) is 4.62. The lowest BCUT2D eigenvalue weighted by atomic mass is 10.1. The van der Waals surface area contributed by atoms with E-state index in [0.29, 0.717) is 0 Å². The first-order valence-electron chi connectivity index (χ1n) is 6.76. The highest BCUT2D eigenvalue weighted by atomic mass is 32.1. The quantitative estimate of drug-likeness (QED) is 0.631. The number of aryl methyl sites for hydroxylation is 3. The van der Waals surface area contributed by atoms with Crippen LogP contribution in [-0.4, -0.2) is 9.78 Å². The molecule has 0 bridgehead atoms. The molecule has 0 spiro atoms. The highest BCUT2D eigenvalue weighted by molar-refractivity contribution is 7.12. The Morgan fingerprint density at radius 2 is 2.21 bits per heavy atom. The maximum absolute atomic E-state index is 5.73. The molecule has 2 heterocycles. The summed E-state index contributed by atoms with van der Waals surface area (Å²) in [6, 6.07) is 6.66. The second kappa shape index (κ2) is 6.32. The first-order valence-corrected chi connectivity index (χ1v) is 7.57. The topological polar surface area (TPSA) is 55.9 Å². The predicted molar refractivity (Wildman–Crippen MR) is 80.1 cm³/mol. The molecule has 0 aliphatic heterocycles. The molecule has 1 unspecified atom stereocenters. The maximum atomic E-state index is 5.73. The standard InChI is InChI=1S/C14H22N4S/c1-4-12-6-7-14(19-12)13(16-15)9-11-8-10(3)17-18(11)5-2/h6-8,13,16H,4-5,9,15H2,1-3H3. The Bertz CT molecular complexity index is 529. The normalized spacial score (nSPS) is 12.8. The maximum Gasteiger partial charge on any atom is 0.0608 e. The van der Waals surface area contributed by atoms with Crippen molar-refractivity contribution < 1.29 is 0 Å². The van der Waals surface area contributed by atoms with Gasteiger partial charge in [0.25, 0.3) is 0 Å². The van der Waals surface area contributed by atoms with Crippen LogP contribution in [0.1, 0.15) is 41.0 Å². The summed E-state index contributed by atoms with van der Waals surface area (Å²) in [4.78, 5) is 2.69. The summed E-state index contributed by atoms with van der Waals surface area (Å²) in [6.07, 6.45) is 1.95. The smallest absolute Gasteiger partial charge is 0.0608 e. The minimum absolute atomic E-state index is 0.159. The second-order valence-electron chi connectivity index (χ2n) is 4.67. The Morgan fingerprint density at radius 3 is 2.79 bits per heavy atom. The van der Waals surface area contributed by atoms with Gasteiger partial charge in [0.2, 0.25) is 0 Å². The Labute approximate surface area is 118 Å². The van der Waals surface area contributed by atoms with E-state index in [1.165, 1.54) is 15.4 Å². The Hall–Kier alpha value is -1.17. The van der Waals surface area contributed by atoms with Crippen LogP contribution in [0, 0.1) is 6.92 Å². The lowest BCUT2D eigenvalue weighted by Crippen LogP contribution is -2.29. The molecule has 2 aromatic rings. The average molecular weight is 278 g/mol. The van der Waals surface area contributed by atoms with Gasteiger partial charge in [-0.15, -0.1) is 11.3 Å². The fraction of sp³-hybridized carbons (Fsp3) is 0.500. The summed E-state index contributed by atoms with van der Waals surface area (Å²) in [5.74, 6) is 5.73. The number of hydrogen-bond acceptors (Lipinski definition) is 4. The van der Waals surface area contributed by atoms with Gasteiger partial charge in [-0.1, -0.05) is 6.92 Å². The summed E-state index contributed by atoms with van der Waals surface area (Å²) in [6.45, 7) is 7.21. The van der Waals surface area contributed by atoms with Crippen molar-refractivity contribution in [2.75, 3.05) is 0 Å². The zero-order chi connectivity index (χ0) is 13.8. The van der Waals surface area contributed by atoms with Gasteiger partial charge in [-0.2, -0.15) is 5.10 Å². The van der Waals surface area contributed by atoms with E-state index in [2.05, 4.69) is 42.6 Å². The zero-order valence-corrected chi connectivity index (χ0v) is 12.6. The van der Waals surface area contributed by atoms with E-state index in [4.69, 9.17) is 5.84 Å². The van der Waals surface area contributed by atoms with Gasteiger partial charge in [0, 0.05) is 28.4 Å². The first-order chi connectivity index (χ1) is 9.17. The number of thiophene rings is 1. The van der Waals surface area contributed by atoms with Crippen molar-refractivity contribution in [2.24, 2.45) is 5.84 Å². The average Bonchev–Trinajstić information content (AvgIpc) is 3.01. The van der Waals surface area contributed by atoms with Crippen LogP contribution in [0.4, 0.5) is 0 Å². The molecule has 0 radical (unpaired) electrons. The van der Waals surface area contributed by atoms with E-state index in [-0.39, 0.29) is 6.04 Å². The van der Waals surface area contributed by atoms with Crippen molar-refractivity contribution in [3.05, 3.63) is 39.3 Å². The highest BCUT2D eigenvalue weighted by Gasteiger charge is 2.16. The van der Waals surface area contributed by atoms with Gasteiger partial charge in [-0.3, -0.25) is 16.0 Å². The van der Waals surface area contributed by atoms with Gasteiger partial charge in [0.05, 0.1) is 11.7 Å². The molecule has 0 aliphatic carbocycles. The van der Waals surface area contributed by atoms with E-state index in [0.717, 1.165) is 25.1 Å². The highest BCUT2D eigenvalue weighted by Crippen LogP contribution is 2.26. The molecule has 2 aromatic heterocycles. The molecule has 4 nitrogen and oxygen atoms in total. The van der Waals surface area contributed by atoms with E-state index >= 15 is 0 Å². The van der Waals surface area contributed by atoms with E-state index in [9.17, 15) is 0 Å². The van der Waals surface area contributed by atoms with Crippen molar-refractivity contribution in [1.29, 1.82) is 0 Å². The van der Waals surface area contributed by atoms with Crippen molar-refractivity contribution in [3.8, 4) is 0 Å². The van der Waals surface area contributed by atoms with Crippen LogP contribution in [0.25, 0.3) is 0 Å². The molecule has 0 fully saturated rings. The van der Waals surface area contributed by atoms with Gasteiger partial charge < -0.3 is 0 Å². The van der Waals surface area contributed by atoms with E-state index in [1.807, 2.05) is 22.9 Å². The SMILES string of the molecule is CCc1ccc(C(Cc2cc(C)nn2CC)NN)s1. The van der Waals surface area contributed by atoms with E-state index in [1.54, 1.807) is 0 Å². The molecule has 0 amide bonds. The fourth-order valence-electron chi connectivity index (χ4n) is 2.26. The number of nitrogens with zero attached hydrogens (tertiary/aromatic N) is 2. The largest absolute Gasteiger partial charge is 0.271 e. The summed E-state index contributed by atoms with van der Waals surface area (Å²) in [7, 11) is 0. The number of rotatable bonds is 6. The van der Waals surface area contributed by atoms with Gasteiger partial charge in [0.1, 0.15) is 0 Å². The van der Waals surface area contributed by atoms with Crippen molar-refractivity contribution in [3.63, 3.8) is 0 Å². The molecule has 0 saturated heterocycles. The Morgan fingerprint density at radius 1 is 1.42 bits per heavy atom. The summed E-state index contributed by atoms with van der Waals surface area (Å²) >= 11 is 1.83. The van der Waals surface area contributed by atoms with Crippen LogP contribution >= 0.6 is 11.3 Å². The lowest BCUT2D eigenvalue weighted by molar-refractivity contribution is 0.523. The van der Waals surface area contributed by atoms with Gasteiger partial charge in [-0.25, -0.2) is 0 Å². The predicted octanol–water partition coefficient (Wildman–Crippen LogP) is 2.58. The van der Waals surface area contributed by atoms with Crippen LogP contribution in [0.3, 0.4) is 0 Å². The molecule has 0 aliphatic rings. The van der Waals surface area contributed by atoms with Gasteiger partial charge >= 0.3 is 0 Å². The van der Waals surface area contributed by atoms with Crippen molar-refractivity contribution >= 4 is 11.3 Å². The number of nitrogens with two attached hydrogens (primary N) is 1. The molecule has 2 rings (SSSR count). The molecule has 5 heteroatoms. The fourth-order valence-corrected chi connectivity index (χ4v) is 3.27. The van der Waals surface area contributed by atoms with Gasteiger partial charge in [0.15, 0.2) is 0 Å². The van der Waals surface area contributed by atoms with Crippen LogP contribution < -0.4 is 11.3 Å². The number of nitrogens with one attached hydrogen (secondary N) is 1. The summed E-state index contributed by atoms with van der Waals surface area (Å²) in [5.41, 5.74) is 5.23. The van der Waals surface area contributed by atoms with Crippen LogP contribution in [0.5, 0.6) is 0 Å². The van der Waals surface area contributed by atoms with Crippen LogP contribution in [0.2, 0.25) is 0 Å². The number of hydrazine groups is 1. The van der Waals surface area contributed by atoms with Crippen LogP contribution in [-0.2, 0) is 19.4 Å². The molecule has 3 N–H and O–H groups in total. The minimum atomic E-state index is 0.159.